The Hall–Kier alpha value is -3.38. The van der Waals surface area contributed by atoms with Gasteiger partial charge in [0.25, 0.3) is 0 Å². The van der Waals surface area contributed by atoms with Crippen molar-refractivity contribution < 1.29 is 0 Å². The maximum absolute atomic E-state index is 9.25. The van der Waals surface area contributed by atoms with Crippen LogP contribution < -0.4 is 5.73 Å². The van der Waals surface area contributed by atoms with Crippen LogP contribution in [0.2, 0.25) is 0 Å². The molecule has 0 aliphatic heterocycles. The third-order valence-corrected chi connectivity index (χ3v) is 3.25. The van der Waals surface area contributed by atoms with E-state index in [-0.39, 0.29) is 16.9 Å². The fourth-order valence-corrected chi connectivity index (χ4v) is 2.16. The van der Waals surface area contributed by atoms with Crippen LogP contribution in [0.25, 0.3) is 16.9 Å². The first kappa shape index (κ1) is 12.6. The second-order valence-electron chi connectivity index (χ2n) is 4.59. The van der Waals surface area contributed by atoms with E-state index in [1.807, 2.05) is 43.3 Å². The number of nitrogen functional groups attached to an aromatic ring is 1. The Morgan fingerprint density at radius 2 is 1.76 bits per heavy atom. The van der Waals surface area contributed by atoms with Gasteiger partial charge < -0.3 is 5.73 Å². The molecule has 0 atom stereocenters. The Morgan fingerprint density at radius 1 is 1.10 bits per heavy atom. The number of aromatic nitrogens is 3. The number of nitrogens with two attached hydrogens (primary N) is 1. The van der Waals surface area contributed by atoms with Crippen molar-refractivity contribution >= 4 is 17.0 Å². The van der Waals surface area contributed by atoms with Crippen LogP contribution in [0, 0.1) is 29.6 Å². The first-order valence-electron chi connectivity index (χ1n) is 6.19. The molecule has 3 rings (SSSR count). The Kier molecular flexibility index (Phi) is 2.78. The van der Waals surface area contributed by atoms with Crippen molar-refractivity contribution in [2.45, 2.75) is 6.92 Å². The van der Waals surface area contributed by atoms with E-state index >= 15 is 0 Å². The van der Waals surface area contributed by atoms with E-state index in [1.54, 1.807) is 10.9 Å². The van der Waals surface area contributed by atoms with Crippen LogP contribution in [-0.4, -0.2) is 14.5 Å². The lowest BCUT2D eigenvalue weighted by Crippen LogP contribution is -2.02. The van der Waals surface area contributed by atoms with Crippen LogP contribution in [-0.2, 0) is 0 Å². The number of imidazole rings is 1. The molecule has 0 radical (unpaired) electrons. The monoisotopic (exact) mass is 274 g/mol. The number of aryl methyl sites for hydroxylation is 1. The van der Waals surface area contributed by atoms with Crippen molar-refractivity contribution in [2.24, 2.45) is 0 Å². The molecule has 1 aromatic carbocycles. The number of anilines is 1. The van der Waals surface area contributed by atoms with Gasteiger partial charge in [0.15, 0.2) is 5.65 Å². The van der Waals surface area contributed by atoms with Crippen LogP contribution in [0.5, 0.6) is 0 Å². The Bertz CT molecular complexity index is 922. The van der Waals surface area contributed by atoms with Gasteiger partial charge in [-0.25, -0.2) is 9.97 Å². The van der Waals surface area contributed by atoms with E-state index in [0.29, 0.717) is 11.2 Å². The number of benzene rings is 1. The smallest absolute Gasteiger partial charge is 0.168 e. The van der Waals surface area contributed by atoms with Crippen molar-refractivity contribution in [2.75, 3.05) is 5.73 Å². The van der Waals surface area contributed by atoms with Crippen LogP contribution in [0.3, 0.4) is 0 Å². The van der Waals surface area contributed by atoms with Crippen LogP contribution in [0.4, 0.5) is 5.82 Å². The number of hydrogen-bond donors (Lipinski definition) is 1. The topological polar surface area (TPSA) is 104 Å². The summed E-state index contributed by atoms with van der Waals surface area (Å²) in [7, 11) is 0. The predicted octanol–water partition coefficient (Wildman–Crippen LogP) is 2.05. The zero-order chi connectivity index (χ0) is 15.0. The van der Waals surface area contributed by atoms with E-state index < -0.39 is 0 Å². The van der Waals surface area contributed by atoms with Gasteiger partial charge in [0.1, 0.15) is 40.9 Å². The minimum Gasteiger partial charge on any atom is -0.382 e. The Morgan fingerprint density at radius 3 is 2.38 bits per heavy atom. The van der Waals surface area contributed by atoms with Gasteiger partial charge in [-0.15, -0.1) is 0 Å². The maximum Gasteiger partial charge on any atom is 0.168 e. The zero-order valence-corrected chi connectivity index (χ0v) is 11.2. The highest BCUT2D eigenvalue weighted by Gasteiger charge is 2.17. The third-order valence-electron chi connectivity index (χ3n) is 3.25. The first-order chi connectivity index (χ1) is 10.2. The minimum atomic E-state index is 0.0374. The summed E-state index contributed by atoms with van der Waals surface area (Å²) in [6.07, 6.45) is 1.57. The number of pyridine rings is 1. The molecule has 2 aromatic heterocycles. The van der Waals surface area contributed by atoms with Gasteiger partial charge in [-0.05, 0) is 19.1 Å². The van der Waals surface area contributed by atoms with Crippen molar-refractivity contribution in [3.8, 4) is 17.8 Å². The quantitative estimate of drug-likeness (QED) is 0.731. The summed E-state index contributed by atoms with van der Waals surface area (Å²) in [4.78, 5) is 8.43. The Balaban J connectivity index is 2.34. The molecular formula is C15H10N6. The third kappa shape index (κ3) is 1.87. The van der Waals surface area contributed by atoms with Crippen LogP contribution in [0.1, 0.15) is 16.7 Å². The van der Waals surface area contributed by atoms with Crippen LogP contribution >= 0.6 is 0 Å². The summed E-state index contributed by atoms with van der Waals surface area (Å²) in [5, 5.41) is 18.3. The first-order valence-corrected chi connectivity index (χ1v) is 6.19. The molecule has 2 N–H and O–H groups in total. The Labute approximate surface area is 120 Å². The molecule has 21 heavy (non-hydrogen) atoms. The molecular weight excluding hydrogens is 264 g/mol. The molecule has 0 unspecified atom stereocenters. The summed E-state index contributed by atoms with van der Waals surface area (Å²) in [6.45, 7) is 2.00. The lowest BCUT2D eigenvalue weighted by Gasteiger charge is -2.06. The van der Waals surface area contributed by atoms with Gasteiger partial charge in [0, 0.05) is 5.69 Å². The normalized spacial score (nSPS) is 10.2. The summed E-state index contributed by atoms with van der Waals surface area (Å²) in [5.74, 6) is 0.0374. The van der Waals surface area contributed by atoms with Gasteiger partial charge in [0.05, 0.1) is 0 Å². The van der Waals surface area contributed by atoms with Gasteiger partial charge >= 0.3 is 0 Å². The molecule has 0 fully saturated rings. The second kappa shape index (κ2) is 4.62. The average molecular weight is 274 g/mol. The minimum absolute atomic E-state index is 0.0374. The summed E-state index contributed by atoms with van der Waals surface area (Å²) in [6, 6.07) is 11.7. The molecule has 0 aliphatic rings. The van der Waals surface area contributed by atoms with E-state index in [0.717, 1.165) is 11.3 Å². The summed E-state index contributed by atoms with van der Waals surface area (Å²) in [5.41, 5.74) is 8.85. The lowest BCUT2D eigenvalue weighted by atomic mass is 10.1. The number of hydrogen-bond acceptors (Lipinski definition) is 5. The molecule has 0 spiro atoms. The molecule has 0 saturated heterocycles. The van der Waals surface area contributed by atoms with Gasteiger partial charge in [0.2, 0.25) is 0 Å². The van der Waals surface area contributed by atoms with Gasteiger partial charge in [-0.2, -0.15) is 10.5 Å². The molecule has 0 aliphatic carbocycles. The van der Waals surface area contributed by atoms with Crippen molar-refractivity contribution in [3.63, 3.8) is 0 Å². The second-order valence-corrected chi connectivity index (χ2v) is 4.59. The molecule has 6 nitrogen and oxygen atoms in total. The highest BCUT2D eigenvalue weighted by Crippen LogP contribution is 2.25. The lowest BCUT2D eigenvalue weighted by molar-refractivity contribution is 1.07. The zero-order valence-electron chi connectivity index (χ0n) is 11.2. The molecule has 0 saturated carbocycles. The maximum atomic E-state index is 9.25. The predicted molar refractivity (Wildman–Crippen MR) is 77.4 cm³/mol. The SMILES string of the molecule is Cc1ccc(-n2cnc3c(C#N)c(C#N)c(N)nc32)cc1. The molecule has 0 amide bonds. The van der Waals surface area contributed by atoms with Gasteiger partial charge in [-0.3, -0.25) is 4.57 Å². The summed E-state index contributed by atoms with van der Waals surface area (Å²) >= 11 is 0. The molecule has 100 valence electrons. The van der Waals surface area contributed by atoms with Crippen LogP contribution in [0.15, 0.2) is 30.6 Å². The molecule has 6 heteroatoms. The average Bonchev–Trinajstić information content (AvgIpc) is 2.90. The fourth-order valence-electron chi connectivity index (χ4n) is 2.16. The number of rotatable bonds is 1. The number of fused-ring (bicyclic) bond motifs is 1. The van der Waals surface area contributed by atoms with Gasteiger partial charge in [-0.1, -0.05) is 17.7 Å². The van der Waals surface area contributed by atoms with E-state index in [9.17, 15) is 5.26 Å². The largest absolute Gasteiger partial charge is 0.382 e. The standard InChI is InChI=1S/C15H10N6/c1-9-2-4-10(5-3-9)21-8-19-13-11(6-16)12(7-17)14(18)20-15(13)21/h2-5,8H,1H3,(H2,18,20). The number of nitriles is 2. The van der Waals surface area contributed by atoms with Crippen molar-refractivity contribution in [3.05, 3.63) is 47.3 Å². The summed E-state index contributed by atoms with van der Waals surface area (Å²) < 4.78 is 1.74. The van der Waals surface area contributed by atoms with E-state index in [2.05, 4.69) is 9.97 Å². The fraction of sp³-hybridized carbons (Fsp3) is 0.0667. The van der Waals surface area contributed by atoms with E-state index in [4.69, 9.17) is 11.0 Å². The highest BCUT2D eigenvalue weighted by atomic mass is 15.1. The molecule has 3 aromatic rings. The van der Waals surface area contributed by atoms with Crippen molar-refractivity contribution in [1.82, 2.24) is 14.5 Å². The van der Waals surface area contributed by atoms with Crippen molar-refractivity contribution in [1.29, 1.82) is 10.5 Å². The number of nitrogens with zero attached hydrogens (tertiary/aromatic N) is 5. The van der Waals surface area contributed by atoms with E-state index in [1.165, 1.54) is 0 Å². The molecule has 2 heterocycles. The molecule has 0 bridgehead atoms. The highest BCUT2D eigenvalue weighted by molar-refractivity contribution is 5.85.